The maximum atomic E-state index is 12.4. The second kappa shape index (κ2) is 8.70. The van der Waals surface area contributed by atoms with Gasteiger partial charge in [-0.2, -0.15) is 0 Å². The van der Waals surface area contributed by atoms with Crippen molar-refractivity contribution in [2.45, 2.75) is 53.0 Å². The van der Waals surface area contributed by atoms with Gasteiger partial charge in [0.05, 0.1) is 12.1 Å². The van der Waals surface area contributed by atoms with Crippen molar-refractivity contribution in [1.29, 1.82) is 0 Å². The van der Waals surface area contributed by atoms with Gasteiger partial charge in [-0.3, -0.25) is 9.69 Å². The van der Waals surface area contributed by atoms with E-state index in [1.165, 1.54) is 12.8 Å². The Morgan fingerprint density at radius 2 is 2.00 bits per heavy atom. The van der Waals surface area contributed by atoms with Gasteiger partial charge in [0.2, 0.25) is 11.8 Å². The van der Waals surface area contributed by atoms with Gasteiger partial charge in [0.1, 0.15) is 5.76 Å². The smallest absolute Gasteiger partial charge is 0.226 e. The molecule has 2 aromatic rings. The van der Waals surface area contributed by atoms with E-state index in [4.69, 9.17) is 4.42 Å². The summed E-state index contributed by atoms with van der Waals surface area (Å²) in [4.78, 5) is 19.4. The number of aryl methyl sites for hydroxylation is 2. The van der Waals surface area contributed by atoms with Crippen LogP contribution >= 0.6 is 0 Å². The number of hydrogen-bond acceptors (Lipinski definition) is 4. The Bertz CT molecular complexity index is 776. The first kappa shape index (κ1) is 19.6. The minimum Gasteiger partial charge on any atom is -0.441 e. The van der Waals surface area contributed by atoms with Gasteiger partial charge in [-0.1, -0.05) is 25.1 Å². The molecule has 1 saturated heterocycles. The number of nitrogens with one attached hydrogen (secondary N) is 1. The number of rotatable bonds is 6. The molecule has 2 heterocycles. The lowest BCUT2D eigenvalue weighted by molar-refractivity contribution is -0.120. The highest BCUT2D eigenvalue weighted by Crippen LogP contribution is 2.25. The van der Waals surface area contributed by atoms with E-state index >= 15 is 0 Å². The molecule has 1 unspecified atom stereocenters. The SMILES string of the molecule is Cc1ccccc1-c1nc(CC(=O)NCC(C)N2CCC(C)CC2)c(C)o1. The van der Waals surface area contributed by atoms with Crippen LogP contribution in [0.2, 0.25) is 0 Å². The number of likely N-dealkylation sites (tertiary alicyclic amines) is 1. The lowest BCUT2D eigenvalue weighted by Crippen LogP contribution is -2.45. The molecule has 0 saturated carbocycles. The molecule has 1 aromatic carbocycles. The fourth-order valence-corrected chi connectivity index (χ4v) is 3.59. The molecule has 1 N–H and O–H groups in total. The third-order valence-electron chi connectivity index (χ3n) is 5.63. The van der Waals surface area contributed by atoms with Crippen molar-refractivity contribution in [3.63, 3.8) is 0 Å². The van der Waals surface area contributed by atoms with Crippen molar-refractivity contribution in [1.82, 2.24) is 15.2 Å². The number of benzene rings is 1. The Labute approximate surface area is 162 Å². The van der Waals surface area contributed by atoms with Gasteiger partial charge in [0.25, 0.3) is 0 Å². The molecule has 5 heteroatoms. The predicted molar refractivity (Wildman–Crippen MR) is 108 cm³/mol. The molecule has 5 nitrogen and oxygen atoms in total. The van der Waals surface area contributed by atoms with Gasteiger partial charge in [0, 0.05) is 18.2 Å². The van der Waals surface area contributed by atoms with Crippen molar-refractivity contribution in [2.24, 2.45) is 5.92 Å². The molecule has 1 aromatic heterocycles. The topological polar surface area (TPSA) is 58.4 Å². The molecule has 27 heavy (non-hydrogen) atoms. The molecular formula is C22H31N3O2. The molecule has 0 bridgehead atoms. The predicted octanol–water partition coefficient (Wildman–Crippen LogP) is 3.74. The van der Waals surface area contributed by atoms with Crippen LogP contribution in [0.15, 0.2) is 28.7 Å². The van der Waals surface area contributed by atoms with Crippen LogP contribution in [0.3, 0.4) is 0 Å². The molecule has 1 amide bonds. The number of amides is 1. The molecule has 0 spiro atoms. The first-order valence-corrected chi connectivity index (χ1v) is 9.97. The molecule has 1 aliphatic heterocycles. The second-order valence-corrected chi connectivity index (χ2v) is 7.89. The van der Waals surface area contributed by atoms with Crippen molar-refractivity contribution >= 4 is 5.91 Å². The zero-order valence-corrected chi connectivity index (χ0v) is 16.9. The lowest BCUT2D eigenvalue weighted by Gasteiger charge is -2.35. The van der Waals surface area contributed by atoms with Gasteiger partial charge in [0.15, 0.2) is 0 Å². The van der Waals surface area contributed by atoms with Crippen molar-refractivity contribution < 1.29 is 9.21 Å². The number of carbonyl (C=O) groups excluding carboxylic acids is 1. The van der Waals surface area contributed by atoms with E-state index in [2.05, 4.69) is 29.0 Å². The third-order valence-corrected chi connectivity index (χ3v) is 5.63. The quantitative estimate of drug-likeness (QED) is 0.843. The standard InChI is InChI=1S/C22H31N3O2/c1-15-9-11-25(12-10-15)17(3)14-23-21(26)13-20-18(4)27-22(24-20)19-8-6-5-7-16(19)2/h5-8,15,17H,9-14H2,1-4H3,(H,23,26). The van der Waals surface area contributed by atoms with E-state index in [0.717, 1.165) is 30.1 Å². The number of hydrogen-bond donors (Lipinski definition) is 1. The minimum atomic E-state index is -0.0000360. The molecule has 146 valence electrons. The Balaban J connectivity index is 1.54. The van der Waals surface area contributed by atoms with E-state index in [0.29, 0.717) is 29.9 Å². The molecular weight excluding hydrogens is 338 g/mol. The van der Waals surface area contributed by atoms with E-state index in [9.17, 15) is 4.79 Å². The molecule has 0 aliphatic carbocycles. The van der Waals surface area contributed by atoms with Crippen LogP contribution in [0.1, 0.15) is 43.7 Å². The van der Waals surface area contributed by atoms with Gasteiger partial charge < -0.3 is 9.73 Å². The van der Waals surface area contributed by atoms with Crippen LogP contribution in [-0.4, -0.2) is 41.5 Å². The van der Waals surface area contributed by atoms with Crippen LogP contribution in [0.4, 0.5) is 0 Å². The highest BCUT2D eigenvalue weighted by atomic mass is 16.4. The highest BCUT2D eigenvalue weighted by Gasteiger charge is 2.21. The number of carbonyl (C=O) groups is 1. The fourth-order valence-electron chi connectivity index (χ4n) is 3.59. The monoisotopic (exact) mass is 369 g/mol. The zero-order chi connectivity index (χ0) is 19.4. The Morgan fingerprint density at radius 1 is 1.30 bits per heavy atom. The van der Waals surface area contributed by atoms with Crippen molar-refractivity contribution in [3.8, 4) is 11.5 Å². The zero-order valence-electron chi connectivity index (χ0n) is 16.9. The largest absolute Gasteiger partial charge is 0.441 e. The fraction of sp³-hybridized carbons (Fsp3) is 0.545. The Kier molecular flexibility index (Phi) is 6.32. The summed E-state index contributed by atoms with van der Waals surface area (Å²) in [6, 6.07) is 8.35. The van der Waals surface area contributed by atoms with Crippen LogP contribution in [0, 0.1) is 19.8 Å². The summed E-state index contributed by atoms with van der Waals surface area (Å²) >= 11 is 0. The van der Waals surface area contributed by atoms with Crippen LogP contribution in [0.5, 0.6) is 0 Å². The summed E-state index contributed by atoms with van der Waals surface area (Å²) in [7, 11) is 0. The molecule has 3 rings (SSSR count). The van der Waals surface area contributed by atoms with E-state index < -0.39 is 0 Å². The number of piperidine rings is 1. The minimum absolute atomic E-state index is 0.0000360. The average Bonchev–Trinajstić information content (AvgIpc) is 3.01. The summed E-state index contributed by atoms with van der Waals surface area (Å²) in [5.74, 6) is 2.12. The van der Waals surface area contributed by atoms with E-state index in [1.54, 1.807) is 0 Å². The summed E-state index contributed by atoms with van der Waals surface area (Å²) in [6.45, 7) is 11.3. The Hall–Kier alpha value is -2.14. The van der Waals surface area contributed by atoms with Crippen LogP contribution in [0.25, 0.3) is 11.5 Å². The van der Waals surface area contributed by atoms with E-state index in [-0.39, 0.29) is 12.3 Å². The van der Waals surface area contributed by atoms with E-state index in [1.807, 2.05) is 38.1 Å². The van der Waals surface area contributed by atoms with Gasteiger partial charge in [-0.15, -0.1) is 0 Å². The van der Waals surface area contributed by atoms with Gasteiger partial charge >= 0.3 is 0 Å². The maximum absolute atomic E-state index is 12.4. The summed E-state index contributed by atoms with van der Waals surface area (Å²) in [5, 5.41) is 3.06. The first-order chi connectivity index (χ1) is 12.9. The molecule has 0 radical (unpaired) electrons. The maximum Gasteiger partial charge on any atom is 0.226 e. The van der Waals surface area contributed by atoms with Gasteiger partial charge in [-0.25, -0.2) is 4.98 Å². The molecule has 1 aliphatic rings. The Morgan fingerprint density at radius 3 is 2.70 bits per heavy atom. The average molecular weight is 370 g/mol. The normalized spacial score (nSPS) is 17.0. The molecule has 1 atom stereocenters. The summed E-state index contributed by atoms with van der Waals surface area (Å²) in [6.07, 6.45) is 2.75. The van der Waals surface area contributed by atoms with Crippen LogP contribution in [-0.2, 0) is 11.2 Å². The summed E-state index contributed by atoms with van der Waals surface area (Å²) < 4.78 is 5.81. The van der Waals surface area contributed by atoms with Crippen molar-refractivity contribution in [2.75, 3.05) is 19.6 Å². The highest BCUT2D eigenvalue weighted by molar-refractivity contribution is 5.78. The lowest BCUT2D eigenvalue weighted by atomic mass is 9.98. The number of oxazole rings is 1. The van der Waals surface area contributed by atoms with Crippen LogP contribution < -0.4 is 5.32 Å². The van der Waals surface area contributed by atoms with Crippen molar-refractivity contribution in [3.05, 3.63) is 41.3 Å². The first-order valence-electron chi connectivity index (χ1n) is 9.97. The third kappa shape index (κ3) is 4.98. The van der Waals surface area contributed by atoms with Gasteiger partial charge in [-0.05, 0) is 64.3 Å². The number of aromatic nitrogens is 1. The molecule has 1 fully saturated rings. The second-order valence-electron chi connectivity index (χ2n) is 7.89. The number of nitrogens with zero attached hydrogens (tertiary/aromatic N) is 2. The summed E-state index contributed by atoms with van der Waals surface area (Å²) in [5.41, 5.74) is 2.80.